The van der Waals surface area contributed by atoms with Crippen molar-refractivity contribution in [1.29, 1.82) is 0 Å². The number of hydrogen-bond donors (Lipinski definition) is 0. The summed E-state index contributed by atoms with van der Waals surface area (Å²) in [5, 5.41) is 0.757. The molecule has 0 atom stereocenters. The van der Waals surface area contributed by atoms with Crippen molar-refractivity contribution in [3.63, 3.8) is 0 Å². The van der Waals surface area contributed by atoms with E-state index in [1.54, 1.807) is 6.08 Å². The van der Waals surface area contributed by atoms with Gasteiger partial charge < -0.3 is 0 Å². The highest BCUT2D eigenvalue weighted by Crippen LogP contribution is 1.81. The maximum atomic E-state index is 10.1. The molecule has 0 radical (unpaired) electrons. The Morgan fingerprint density at radius 3 is 2.57 bits per heavy atom. The highest BCUT2D eigenvalue weighted by Gasteiger charge is 1.76. The molecule has 0 fully saturated rings. The second-order valence-corrected chi connectivity index (χ2v) is 1.81. The van der Waals surface area contributed by atoms with Gasteiger partial charge in [0.1, 0.15) is 0 Å². The lowest BCUT2D eigenvalue weighted by Crippen LogP contribution is -1.78. The van der Waals surface area contributed by atoms with Gasteiger partial charge in [-0.15, -0.1) is 0 Å². The van der Waals surface area contributed by atoms with Crippen molar-refractivity contribution in [3.8, 4) is 0 Å². The first kappa shape index (κ1) is 6.89. The first-order valence-corrected chi connectivity index (χ1v) is 3.12. The molecule has 0 aromatic rings. The van der Waals surface area contributed by atoms with E-state index in [4.69, 9.17) is 0 Å². The van der Waals surface area contributed by atoms with Gasteiger partial charge in [-0.3, -0.25) is 4.79 Å². The Balaban J connectivity index is 3.26. The monoisotopic (exact) mass is 162 g/mol. The van der Waals surface area contributed by atoms with Gasteiger partial charge in [-0.2, -0.15) is 0 Å². The van der Waals surface area contributed by atoms with E-state index in [-0.39, 0.29) is 5.78 Å². The van der Waals surface area contributed by atoms with Gasteiger partial charge in [0.2, 0.25) is 0 Å². The number of ketones is 1. The Labute approximate surface area is 51.5 Å². The summed E-state index contributed by atoms with van der Waals surface area (Å²) in [6.45, 7) is 1.53. The summed E-state index contributed by atoms with van der Waals surface area (Å²) in [7, 11) is 0. The summed E-state index contributed by atoms with van der Waals surface area (Å²) in [6, 6.07) is 0. The van der Waals surface area contributed by atoms with Crippen molar-refractivity contribution in [2.45, 2.75) is 6.92 Å². The first-order chi connectivity index (χ1) is 3.27. The zero-order valence-electron chi connectivity index (χ0n) is 4.15. The highest BCUT2D eigenvalue weighted by atomic mass is 79.9. The molecule has 0 aromatic carbocycles. The number of alkyl halides is 1. The summed E-state index contributed by atoms with van der Waals surface area (Å²) in [6.07, 6.45) is 3.30. The fourth-order valence-corrected chi connectivity index (χ4v) is 0.397. The maximum absolute atomic E-state index is 10.1. The summed E-state index contributed by atoms with van der Waals surface area (Å²) in [5.74, 6) is 0.0967. The minimum absolute atomic E-state index is 0.0967. The molecule has 0 N–H and O–H groups in total. The molecule has 0 spiro atoms. The van der Waals surface area contributed by atoms with E-state index in [1.807, 2.05) is 0 Å². The van der Waals surface area contributed by atoms with Crippen LogP contribution in [0.4, 0.5) is 0 Å². The van der Waals surface area contributed by atoms with Crippen LogP contribution < -0.4 is 0 Å². The van der Waals surface area contributed by atoms with Gasteiger partial charge in [0.25, 0.3) is 0 Å². The molecule has 0 amide bonds. The number of allylic oxidation sites excluding steroid dienone is 2. The fourth-order valence-electron chi connectivity index (χ4n) is 0.211. The van der Waals surface area contributed by atoms with Gasteiger partial charge in [-0.05, 0) is 13.0 Å². The second kappa shape index (κ2) is 4.06. The van der Waals surface area contributed by atoms with Gasteiger partial charge in [0, 0.05) is 5.33 Å². The Hall–Kier alpha value is -0.110. The van der Waals surface area contributed by atoms with Crippen molar-refractivity contribution < 1.29 is 4.79 Å². The zero-order chi connectivity index (χ0) is 5.70. The molecule has 0 aromatic heterocycles. The molecule has 0 rings (SSSR count). The van der Waals surface area contributed by atoms with E-state index in [0.717, 1.165) is 5.33 Å². The average molecular weight is 163 g/mol. The Kier molecular flexibility index (Phi) is 4.00. The number of carbonyl (C=O) groups is 1. The predicted molar refractivity (Wildman–Crippen MR) is 33.6 cm³/mol. The first-order valence-electron chi connectivity index (χ1n) is 2.00. The Bertz CT molecular complexity index is 86.1. The van der Waals surface area contributed by atoms with E-state index in [1.165, 1.54) is 13.0 Å². The summed E-state index contributed by atoms with van der Waals surface area (Å²) >= 11 is 3.14. The molecule has 0 aliphatic heterocycles. The van der Waals surface area contributed by atoms with Crippen LogP contribution in [0, 0.1) is 0 Å². The molecule has 0 saturated carbocycles. The van der Waals surface area contributed by atoms with Crippen molar-refractivity contribution in [1.82, 2.24) is 0 Å². The smallest absolute Gasteiger partial charge is 0.152 e. The lowest BCUT2D eigenvalue weighted by molar-refractivity contribution is -0.112. The lowest BCUT2D eigenvalue weighted by Gasteiger charge is -1.72. The molecule has 0 unspecified atom stereocenters. The summed E-state index contributed by atoms with van der Waals surface area (Å²) < 4.78 is 0. The molecule has 0 bridgehead atoms. The third-order valence-corrected chi connectivity index (χ3v) is 0.815. The van der Waals surface area contributed by atoms with Crippen LogP contribution in [0.2, 0.25) is 0 Å². The zero-order valence-corrected chi connectivity index (χ0v) is 5.73. The summed E-state index contributed by atoms with van der Waals surface area (Å²) in [4.78, 5) is 10.1. The van der Waals surface area contributed by atoms with Crippen LogP contribution in [0.5, 0.6) is 0 Å². The molecule has 2 heteroatoms. The Morgan fingerprint density at radius 2 is 2.43 bits per heavy atom. The fraction of sp³-hybridized carbons (Fsp3) is 0.400. The van der Waals surface area contributed by atoms with E-state index >= 15 is 0 Å². The van der Waals surface area contributed by atoms with Crippen LogP contribution >= 0.6 is 15.9 Å². The van der Waals surface area contributed by atoms with Crippen LogP contribution in [0.3, 0.4) is 0 Å². The predicted octanol–water partition coefficient (Wildman–Crippen LogP) is 1.53. The number of hydrogen-bond acceptors (Lipinski definition) is 1. The molecule has 0 aliphatic carbocycles. The quantitative estimate of drug-likeness (QED) is 0.445. The number of halogens is 1. The normalized spacial score (nSPS) is 10.0. The average Bonchev–Trinajstić information content (AvgIpc) is 1.61. The summed E-state index contributed by atoms with van der Waals surface area (Å²) in [5.41, 5.74) is 0. The van der Waals surface area contributed by atoms with E-state index in [2.05, 4.69) is 15.9 Å². The van der Waals surface area contributed by atoms with Crippen LogP contribution in [0.25, 0.3) is 0 Å². The molecule has 0 saturated heterocycles. The van der Waals surface area contributed by atoms with Crippen molar-refractivity contribution in [2.24, 2.45) is 0 Å². The largest absolute Gasteiger partial charge is 0.295 e. The van der Waals surface area contributed by atoms with Gasteiger partial charge in [0.05, 0.1) is 0 Å². The van der Waals surface area contributed by atoms with Gasteiger partial charge >= 0.3 is 0 Å². The SMILES string of the molecule is CC(=O)/C=C\CBr. The molecule has 7 heavy (non-hydrogen) atoms. The third-order valence-electron chi connectivity index (χ3n) is 0.442. The van der Waals surface area contributed by atoms with E-state index < -0.39 is 0 Å². The van der Waals surface area contributed by atoms with E-state index in [0.29, 0.717) is 0 Å². The molecular formula is C5H7BrO. The topological polar surface area (TPSA) is 17.1 Å². The van der Waals surface area contributed by atoms with Crippen molar-refractivity contribution in [3.05, 3.63) is 12.2 Å². The number of carbonyl (C=O) groups excluding carboxylic acids is 1. The molecule has 1 nitrogen and oxygen atoms in total. The van der Waals surface area contributed by atoms with Crippen LogP contribution in [-0.2, 0) is 4.79 Å². The van der Waals surface area contributed by atoms with Gasteiger partial charge in [0.15, 0.2) is 5.78 Å². The lowest BCUT2D eigenvalue weighted by atomic mass is 10.4. The maximum Gasteiger partial charge on any atom is 0.152 e. The van der Waals surface area contributed by atoms with Crippen LogP contribution in [0.15, 0.2) is 12.2 Å². The van der Waals surface area contributed by atoms with Crippen molar-refractivity contribution in [2.75, 3.05) is 5.33 Å². The number of rotatable bonds is 2. The Morgan fingerprint density at radius 1 is 1.86 bits per heavy atom. The van der Waals surface area contributed by atoms with Crippen LogP contribution in [-0.4, -0.2) is 11.1 Å². The standard InChI is InChI=1S/C5H7BrO/c1-5(7)3-2-4-6/h2-3H,4H2,1H3/b3-2-. The molecule has 0 heterocycles. The van der Waals surface area contributed by atoms with Crippen LogP contribution in [0.1, 0.15) is 6.92 Å². The molecule has 40 valence electrons. The van der Waals surface area contributed by atoms with Crippen molar-refractivity contribution >= 4 is 21.7 Å². The highest BCUT2D eigenvalue weighted by molar-refractivity contribution is 9.09. The second-order valence-electron chi connectivity index (χ2n) is 1.17. The van der Waals surface area contributed by atoms with Gasteiger partial charge in [-0.25, -0.2) is 0 Å². The minimum Gasteiger partial charge on any atom is -0.295 e. The third kappa shape index (κ3) is 5.89. The molecular weight excluding hydrogens is 156 g/mol. The van der Waals surface area contributed by atoms with E-state index in [9.17, 15) is 4.79 Å². The van der Waals surface area contributed by atoms with Gasteiger partial charge in [-0.1, -0.05) is 22.0 Å². The molecule has 0 aliphatic rings. The minimum atomic E-state index is 0.0967.